The van der Waals surface area contributed by atoms with E-state index in [0.717, 1.165) is 11.1 Å². The molecule has 0 aromatic heterocycles. The van der Waals surface area contributed by atoms with Crippen molar-refractivity contribution in [1.29, 1.82) is 0 Å². The first kappa shape index (κ1) is 48.1. The minimum Gasteiger partial charge on any atom is -0.489 e. The Balaban J connectivity index is 0.983. The average Bonchev–Trinajstić information content (AvgIpc) is 3.31. The minimum atomic E-state index is -3.76. The standard InChI is InChI=1S/C53H54O10P2/c1-36-34-38(3)50(40(5)48(36)52(56)64(58,42-20-11-7-12-21-42)43-22-13-8-14-23-43)62-32-30-60-46(54)28-19-29-47(55)61-31-33-63-51-39(4)35-37(2)49(41(51)6)53(57)65(59,44-24-15-9-16-25-44)45-26-17-10-18-27-45/h7-18,20-27,34-35H,19,28-33H2,1-6H3. The molecule has 0 aliphatic heterocycles. The van der Waals surface area contributed by atoms with Crippen LogP contribution in [0.5, 0.6) is 11.5 Å². The second-order valence-corrected chi connectivity index (χ2v) is 21.2. The molecule has 0 heterocycles. The van der Waals surface area contributed by atoms with Crippen LogP contribution >= 0.6 is 14.3 Å². The Labute approximate surface area is 381 Å². The van der Waals surface area contributed by atoms with Crippen LogP contribution in [-0.4, -0.2) is 49.4 Å². The largest absolute Gasteiger partial charge is 0.489 e. The van der Waals surface area contributed by atoms with Crippen molar-refractivity contribution in [2.24, 2.45) is 0 Å². The summed E-state index contributed by atoms with van der Waals surface area (Å²) in [6.07, 6.45) is 0.166. The molecule has 336 valence electrons. The van der Waals surface area contributed by atoms with Crippen LogP contribution in [0.1, 0.15) is 73.4 Å². The summed E-state index contributed by atoms with van der Waals surface area (Å²) in [5.74, 6) is -0.116. The van der Waals surface area contributed by atoms with E-state index in [-0.39, 0.29) is 45.7 Å². The lowest BCUT2D eigenvalue weighted by Crippen LogP contribution is -2.24. The van der Waals surface area contributed by atoms with Crippen LogP contribution in [0.2, 0.25) is 0 Å². The van der Waals surface area contributed by atoms with Crippen LogP contribution in [0, 0.1) is 41.5 Å². The number of carbonyl (C=O) groups excluding carboxylic acids is 4. The first-order valence-electron chi connectivity index (χ1n) is 21.5. The van der Waals surface area contributed by atoms with Gasteiger partial charge in [-0.05, 0) is 70.2 Å². The second kappa shape index (κ2) is 21.6. The molecule has 0 amide bonds. The fourth-order valence-corrected chi connectivity index (χ4v) is 13.4. The highest BCUT2D eigenvalue weighted by atomic mass is 31.2. The lowest BCUT2D eigenvalue weighted by molar-refractivity contribution is -0.146. The normalized spacial score (nSPS) is 11.4. The second-order valence-electron chi connectivity index (χ2n) is 15.8. The van der Waals surface area contributed by atoms with Gasteiger partial charge in [-0.25, -0.2) is 0 Å². The van der Waals surface area contributed by atoms with Gasteiger partial charge in [0.25, 0.3) is 0 Å². The maximum atomic E-state index is 14.9. The van der Waals surface area contributed by atoms with E-state index < -0.39 is 37.3 Å². The summed E-state index contributed by atoms with van der Waals surface area (Å²) < 4.78 is 52.6. The van der Waals surface area contributed by atoms with E-state index in [1.807, 2.05) is 64.1 Å². The van der Waals surface area contributed by atoms with Gasteiger partial charge >= 0.3 is 11.9 Å². The molecule has 6 aromatic carbocycles. The predicted molar refractivity (Wildman–Crippen MR) is 256 cm³/mol. The SMILES string of the molecule is Cc1cc(C)c(C(=O)P(=O)(c2ccccc2)c2ccccc2)c(C)c1OCCOC(=O)CCCC(=O)OCCOc1c(C)cc(C)c(C(=O)P(=O)(c2ccccc2)c2ccccc2)c1C. The molecule has 0 spiro atoms. The van der Waals surface area contributed by atoms with Crippen LogP contribution < -0.4 is 30.7 Å². The summed E-state index contributed by atoms with van der Waals surface area (Å²) in [7, 11) is -7.53. The zero-order valence-corrected chi connectivity index (χ0v) is 39.4. The topological polar surface area (TPSA) is 139 Å². The van der Waals surface area contributed by atoms with Crippen LogP contribution in [0.15, 0.2) is 133 Å². The fourth-order valence-electron chi connectivity index (χ4n) is 8.19. The first-order valence-corrected chi connectivity index (χ1v) is 24.9. The molecule has 0 atom stereocenters. The number of carbonyl (C=O) groups is 4. The van der Waals surface area contributed by atoms with Gasteiger partial charge in [-0.15, -0.1) is 0 Å². The van der Waals surface area contributed by atoms with E-state index in [0.29, 0.717) is 66.1 Å². The molecule has 65 heavy (non-hydrogen) atoms. The lowest BCUT2D eigenvalue weighted by atomic mass is 9.99. The van der Waals surface area contributed by atoms with Crippen LogP contribution in [0.4, 0.5) is 0 Å². The van der Waals surface area contributed by atoms with E-state index in [4.69, 9.17) is 18.9 Å². The first-order chi connectivity index (χ1) is 31.2. The van der Waals surface area contributed by atoms with E-state index in [2.05, 4.69) is 0 Å². The average molecular weight is 913 g/mol. The number of ether oxygens (including phenoxy) is 4. The van der Waals surface area contributed by atoms with Crippen molar-refractivity contribution in [2.45, 2.75) is 60.8 Å². The number of aryl methyl sites for hydroxylation is 4. The monoisotopic (exact) mass is 912 g/mol. The highest BCUT2D eigenvalue weighted by Gasteiger charge is 2.40. The number of rotatable bonds is 20. The molecule has 6 aromatic rings. The van der Waals surface area contributed by atoms with Crippen molar-refractivity contribution in [3.8, 4) is 11.5 Å². The van der Waals surface area contributed by atoms with Gasteiger partial charge < -0.3 is 28.1 Å². The van der Waals surface area contributed by atoms with Crippen molar-refractivity contribution < 1.29 is 47.3 Å². The molecule has 0 radical (unpaired) electrons. The molecule has 0 unspecified atom stereocenters. The summed E-state index contributed by atoms with van der Waals surface area (Å²) in [5.41, 5.74) is 3.70. The van der Waals surface area contributed by atoms with Gasteiger partial charge in [0.15, 0.2) is 0 Å². The predicted octanol–water partition coefficient (Wildman–Crippen LogP) is 9.56. The molecule has 0 saturated heterocycles. The third-order valence-corrected chi connectivity index (χ3v) is 16.9. The van der Waals surface area contributed by atoms with Crippen LogP contribution in [0.3, 0.4) is 0 Å². The molecule has 0 aliphatic carbocycles. The minimum absolute atomic E-state index is 0.0101. The van der Waals surface area contributed by atoms with Gasteiger partial charge in [-0.2, -0.15) is 0 Å². The van der Waals surface area contributed by atoms with Crippen molar-refractivity contribution >= 4 is 58.5 Å². The number of esters is 2. The summed E-state index contributed by atoms with van der Waals surface area (Å²) >= 11 is 0. The fraction of sp³-hybridized carbons (Fsp3) is 0.245. The van der Waals surface area contributed by atoms with Gasteiger partial charge in [0.2, 0.25) is 25.3 Å². The molecule has 0 aliphatic rings. The van der Waals surface area contributed by atoms with Crippen LogP contribution in [0.25, 0.3) is 0 Å². The molecule has 0 N–H and O–H groups in total. The highest BCUT2D eigenvalue weighted by Crippen LogP contribution is 2.50. The molecule has 0 fully saturated rings. The maximum Gasteiger partial charge on any atom is 0.305 e. The zero-order chi connectivity index (χ0) is 46.7. The lowest BCUT2D eigenvalue weighted by Gasteiger charge is -2.22. The molecule has 10 nitrogen and oxygen atoms in total. The zero-order valence-electron chi connectivity index (χ0n) is 37.6. The third-order valence-electron chi connectivity index (χ3n) is 11.2. The summed E-state index contributed by atoms with van der Waals surface area (Å²) in [6.45, 7) is 10.8. The van der Waals surface area contributed by atoms with Crippen LogP contribution in [-0.2, 0) is 28.2 Å². The van der Waals surface area contributed by atoms with E-state index in [1.165, 1.54) is 0 Å². The molecule has 6 rings (SSSR count). The van der Waals surface area contributed by atoms with Gasteiger partial charge in [0.05, 0.1) is 0 Å². The molecule has 12 heteroatoms. The van der Waals surface area contributed by atoms with Crippen molar-refractivity contribution in [3.63, 3.8) is 0 Å². The van der Waals surface area contributed by atoms with Gasteiger partial charge in [-0.3, -0.25) is 19.2 Å². The smallest absolute Gasteiger partial charge is 0.305 e. The molecule has 0 bridgehead atoms. The molecule has 0 saturated carbocycles. The molecular formula is C53H54O10P2. The van der Waals surface area contributed by atoms with Crippen molar-refractivity contribution in [2.75, 3.05) is 26.4 Å². The summed E-state index contributed by atoms with van der Waals surface area (Å²) in [4.78, 5) is 53.9. The Morgan fingerprint density at radius 3 is 1.00 bits per heavy atom. The Bertz CT molecular complexity index is 2490. The van der Waals surface area contributed by atoms with Crippen molar-refractivity contribution in [3.05, 3.63) is 178 Å². The van der Waals surface area contributed by atoms with E-state index >= 15 is 0 Å². The van der Waals surface area contributed by atoms with Gasteiger partial charge in [0, 0.05) is 56.3 Å². The Kier molecular flexibility index (Phi) is 16.0. The Hall–Kier alpha value is -6.34. The summed E-state index contributed by atoms with van der Waals surface area (Å²) in [6, 6.07) is 38.8. The number of hydrogen-bond donors (Lipinski definition) is 0. The van der Waals surface area contributed by atoms with E-state index in [1.54, 1.807) is 111 Å². The molecular weight excluding hydrogens is 859 g/mol. The quantitative estimate of drug-likeness (QED) is 0.0414. The summed E-state index contributed by atoms with van der Waals surface area (Å²) in [5, 5.41) is 1.77. The Morgan fingerprint density at radius 1 is 0.415 bits per heavy atom. The Morgan fingerprint density at radius 2 is 0.708 bits per heavy atom. The van der Waals surface area contributed by atoms with Gasteiger partial charge in [-0.1, -0.05) is 133 Å². The van der Waals surface area contributed by atoms with Crippen molar-refractivity contribution in [1.82, 2.24) is 0 Å². The van der Waals surface area contributed by atoms with Gasteiger partial charge in [0.1, 0.15) is 37.9 Å². The highest BCUT2D eigenvalue weighted by molar-refractivity contribution is 7.94. The third kappa shape index (κ3) is 10.6. The van der Waals surface area contributed by atoms with E-state index in [9.17, 15) is 28.3 Å². The number of hydrogen-bond acceptors (Lipinski definition) is 10. The number of benzene rings is 6. The maximum absolute atomic E-state index is 14.9.